The molecule has 1 saturated heterocycles. The third-order valence-electron chi connectivity index (χ3n) is 3.79. The van der Waals surface area contributed by atoms with Crippen LogP contribution in [0.1, 0.15) is 46.0 Å². The van der Waals surface area contributed by atoms with Gasteiger partial charge >= 0.3 is 0 Å². The minimum atomic E-state index is 0.617. The van der Waals surface area contributed by atoms with Crippen molar-refractivity contribution in [3.63, 3.8) is 0 Å². The summed E-state index contributed by atoms with van der Waals surface area (Å²) in [5, 5.41) is 4.67. The van der Waals surface area contributed by atoms with E-state index in [-0.39, 0.29) is 0 Å². The van der Waals surface area contributed by atoms with Crippen LogP contribution < -0.4 is 5.32 Å². The molecule has 2 fully saturated rings. The second-order valence-electron chi connectivity index (χ2n) is 5.45. The van der Waals surface area contributed by atoms with Crippen molar-refractivity contribution < 1.29 is 0 Å². The van der Waals surface area contributed by atoms with Crippen LogP contribution in [-0.2, 0) is 0 Å². The first-order chi connectivity index (χ1) is 7.74. The van der Waals surface area contributed by atoms with Crippen molar-refractivity contribution >= 4 is 16.9 Å². The number of aliphatic imine (C=N–C) groups is 1. The maximum absolute atomic E-state index is 4.75. The lowest BCUT2D eigenvalue weighted by Gasteiger charge is -2.26. The first-order valence-corrected chi connectivity index (χ1v) is 7.66. The molecule has 2 aliphatic rings. The van der Waals surface area contributed by atoms with E-state index in [4.69, 9.17) is 4.99 Å². The van der Waals surface area contributed by atoms with Crippen LogP contribution in [-0.4, -0.2) is 23.5 Å². The fraction of sp³-hybridized carbons (Fsp3) is 0.923. The topological polar surface area (TPSA) is 24.4 Å². The highest BCUT2D eigenvalue weighted by Gasteiger charge is 2.18. The van der Waals surface area contributed by atoms with E-state index in [1.165, 1.54) is 43.0 Å². The predicted molar refractivity (Wildman–Crippen MR) is 73.1 cm³/mol. The lowest BCUT2D eigenvalue weighted by molar-refractivity contribution is 0.296. The van der Waals surface area contributed by atoms with Crippen LogP contribution in [0.4, 0.5) is 0 Å². The van der Waals surface area contributed by atoms with Gasteiger partial charge in [-0.25, -0.2) is 0 Å². The average molecular weight is 240 g/mol. The van der Waals surface area contributed by atoms with Gasteiger partial charge in [0.15, 0.2) is 5.17 Å². The van der Waals surface area contributed by atoms with Gasteiger partial charge in [-0.15, -0.1) is 0 Å². The molecule has 1 atom stereocenters. The molecule has 2 nitrogen and oxygen atoms in total. The summed E-state index contributed by atoms with van der Waals surface area (Å²) in [5.74, 6) is 3.03. The number of rotatable bonds is 2. The van der Waals surface area contributed by atoms with E-state index in [0.29, 0.717) is 6.04 Å². The molecule has 1 saturated carbocycles. The summed E-state index contributed by atoms with van der Waals surface area (Å²) in [6, 6.07) is 0.617. The van der Waals surface area contributed by atoms with Crippen molar-refractivity contribution in [2.24, 2.45) is 16.8 Å². The van der Waals surface area contributed by atoms with Gasteiger partial charge in [-0.1, -0.05) is 31.5 Å². The van der Waals surface area contributed by atoms with Crippen molar-refractivity contribution in [1.82, 2.24) is 5.32 Å². The Hall–Kier alpha value is -0.180. The van der Waals surface area contributed by atoms with Crippen LogP contribution in [0.25, 0.3) is 0 Å². The maximum Gasteiger partial charge on any atom is 0.156 e. The Bertz CT molecular complexity index is 244. The number of thioether (sulfide) groups is 1. The summed E-state index contributed by atoms with van der Waals surface area (Å²) in [6.07, 6.45) is 6.86. The van der Waals surface area contributed by atoms with Crippen molar-refractivity contribution in [3.8, 4) is 0 Å². The molecular weight excluding hydrogens is 216 g/mol. The van der Waals surface area contributed by atoms with Gasteiger partial charge in [-0.3, -0.25) is 4.99 Å². The molecule has 16 heavy (non-hydrogen) atoms. The molecule has 3 heteroatoms. The second kappa shape index (κ2) is 5.95. The second-order valence-corrected chi connectivity index (χ2v) is 6.54. The third-order valence-corrected chi connectivity index (χ3v) is 4.75. The number of hydrogen-bond donors (Lipinski definition) is 1. The molecule has 1 unspecified atom stereocenters. The molecule has 0 aromatic carbocycles. The van der Waals surface area contributed by atoms with E-state index in [1.807, 2.05) is 11.8 Å². The molecule has 2 rings (SSSR count). The highest BCUT2D eigenvalue weighted by atomic mass is 32.2. The Morgan fingerprint density at radius 2 is 1.94 bits per heavy atom. The van der Waals surface area contributed by atoms with Crippen LogP contribution in [0.2, 0.25) is 0 Å². The van der Waals surface area contributed by atoms with Gasteiger partial charge in [0.1, 0.15) is 0 Å². The van der Waals surface area contributed by atoms with Crippen LogP contribution in [0.15, 0.2) is 4.99 Å². The monoisotopic (exact) mass is 240 g/mol. The zero-order valence-corrected chi connectivity index (χ0v) is 11.4. The molecule has 92 valence electrons. The van der Waals surface area contributed by atoms with Gasteiger partial charge in [-0.05, 0) is 38.0 Å². The van der Waals surface area contributed by atoms with Gasteiger partial charge in [0, 0.05) is 18.3 Å². The van der Waals surface area contributed by atoms with Gasteiger partial charge in [0.25, 0.3) is 0 Å². The average Bonchev–Trinajstić information content (AvgIpc) is 2.28. The molecule has 0 amide bonds. The van der Waals surface area contributed by atoms with E-state index in [2.05, 4.69) is 19.2 Å². The number of nitrogens with one attached hydrogen (secondary N) is 1. The number of nitrogens with zero attached hydrogens (tertiary/aromatic N) is 1. The zero-order chi connectivity index (χ0) is 11.4. The lowest BCUT2D eigenvalue weighted by atomic mass is 9.83. The van der Waals surface area contributed by atoms with Crippen LogP contribution >= 0.6 is 11.8 Å². The molecule has 1 heterocycles. The van der Waals surface area contributed by atoms with Crippen LogP contribution in [0, 0.1) is 11.8 Å². The van der Waals surface area contributed by atoms with E-state index >= 15 is 0 Å². The Kier molecular flexibility index (Phi) is 4.56. The van der Waals surface area contributed by atoms with Crippen molar-refractivity contribution in [3.05, 3.63) is 0 Å². The molecule has 1 aliphatic carbocycles. The van der Waals surface area contributed by atoms with E-state index in [1.54, 1.807) is 0 Å². The largest absolute Gasteiger partial charge is 0.362 e. The first-order valence-electron chi connectivity index (χ1n) is 6.68. The molecule has 1 N–H and O–H groups in total. The summed E-state index contributed by atoms with van der Waals surface area (Å²) >= 11 is 1.89. The standard InChI is InChI=1S/C13H24N2S/c1-10-3-5-12(6-4-10)9-14-13-15-11(2)7-8-16-13/h10-12H,3-9H2,1-2H3,(H,14,15). The van der Waals surface area contributed by atoms with E-state index < -0.39 is 0 Å². The molecule has 0 aromatic rings. The zero-order valence-electron chi connectivity index (χ0n) is 10.5. The number of amidine groups is 1. The highest BCUT2D eigenvalue weighted by molar-refractivity contribution is 8.13. The fourth-order valence-corrected chi connectivity index (χ4v) is 3.59. The Balaban J connectivity index is 1.75. The van der Waals surface area contributed by atoms with Gasteiger partial charge < -0.3 is 5.32 Å². The van der Waals surface area contributed by atoms with Gasteiger partial charge in [0.05, 0.1) is 0 Å². The first kappa shape index (κ1) is 12.3. The normalized spacial score (nSPS) is 38.4. The number of hydrogen-bond acceptors (Lipinski definition) is 2. The smallest absolute Gasteiger partial charge is 0.156 e. The van der Waals surface area contributed by atoms with Crippen molar-refractivity contribution in [2.75, 3.05) is 12.3 Å². The van der Waals surface area contributed by atoms with Crippen molar-refractivity contribution in [2.45, 2.75) is 52.0 Å². The molecule has 0 spiro atoms. The molecule has 0 aromatic heterocycles. The van der Waals surface area contributed by atoms with Crippen LogP contribution in [0.3, 0.4) is 0 Å². The summed E-state index contributed by atoms with van der Waals surface area (Å²) < 4.78 is 0. The summed E-state index contributed by atoms with van der Waals surface area (Å²) in [4.78, 5) is 4.75. The van der Waals surface area contributed by atoms with Crippen LogP contribution in [0.5, 0.6) is 0 Å². The fourth-order valence-electron chi connectivity index (χ4n) is 2.47. The highest BCUT2D eigenvalue weighted by Crippen LogP contribution is 2.28. The molecular formula is C13H24N2S. The Labute approximate surface area is 104 Å². The molecule has 0 bridgehead atoms. The Morgan fingerprint density at radius 3 is 2.62 bits per heavy atom. The van der Waals surface area contributed by atoms with E-state index in [9.17, 15) is 0 Å². The van der Waals surface area contributed by atoms with Gasteiger partial charge in [0.2, 0.25) is 0 Å². The third kappa shape index (κ3) is 3.69. The van der Waals surface area contributed by atoms with Gasteiger partial charge in [-0.2, -0.15) is 0 Å². The quantitative estimate of drug-likeness (QED) is 0.801. The lowest BCUT2D eigenvalue weighted by Crippen LogP contribution is -2.35. The Morgan fingerprint density at radius 1 is 1.19 bits per heavy atom. The SMILES string of the molecule is CC1CCC(CN=C2NC(C)CCS2)CC1. The van der Waals surface area contributed by atoms with Crippen molar-refractivity contribution in [1.29, 1.82) is 0 Å². The minimum Gasteiger partial charge on any atom is -0.362 e. The summed E-state index contributed by atoms with van der Waals surface area (Å²) in [6.45, 7) is 5.68. The minimum absolute atomic E-state index is 0.617. The maximum atomic E-state index is 4.75. The molecule has 1 aliphatic heterocycles. The summed E-state index contributed by atoms with van der Waals surface area (Å²) in [5.41, 5.74) is 0. The summed E-state index contributed by atoms with van der Waals surface area (Å²) in [7, 11) is 0. The van der Waals surface area contributed by atoms with E-state index in [0.717, 1.165) is 18.4 Å². The molecule has 0 radical (unpaired) electrons. The predicted octanol–water partition coefficient (Wildman–Crippen LogP) is 3.28.